The summed E-state index contributed by atoms with van der Waals surface area (Å²) in [6.45, 7) is 4.13. The molecule has 7 heteroatoms. The Kier molecular flexibility index (Phi) is 8.93. The third kappa shape index (κ3) is 6.01. The molecule has 0 spiro atoms. The van der Waals surface area contributed by atoms with E-state index >= 15 is 0 Å². The molecule has 0 radical (unpaired) electrons. The van der Waals surface area contributed by atoms with Crippen LogP contribution in [0.25, 0.3) is 22.6 Å². The molecule has 0 unspecified atom stereocenters. The van der Waals surface area contributed by atoms with Crippen molar-refractivity contribution >= 4 is 9.58 Å². The number of aryl methyl sites for hydroxylation is 2. The van der Waals surface area contributed by atoms with Gasteiger partial charge in [-0.1, -0.05) is 26.0 Å². The van der Waals surface area contributed by atoms with E-state index < -0.39 is 0 Å². The van der Waals surface area contributed by atoms with Crippen molar-refractivity contribution in [2.45, 2.75) is 13.8 Å². The first-order chi connectivity index (χ1) is 15.7. The van der Waals surface area contributed by atoms with Gasteiger partial charge in [0.2, 0.25) is 0 Å². The SMILES string of the molecule is Cc1cc(C)c(-n2cccn2)[c-]c1-n1cccn1.[Cl][Ir+2].[c-]1ccccc1-c1ccccn1. The number of hydrogen-bond donors (Lipinski definition) is 0. The van der Waals surface area contributed by atoms with Gasteiger partial charge in [-0.25, -0.2) is 0 Å². The maximum atomic E-state index is 4.64. The Bertz CT molecular complexity index is 1100. The number of pyridine rings is 1. The van der Waals surface area contributed by atoms with Gasteiger partial charge in [0.1, 0.15) is 0 Å². The first-order valence-corrected chi connectivity index (χ1v) is 12.7. The van der Waals surface area contributed by atoms with Crippen molar-refractivity contribution < 1.29 is 17.9 Å². The zero-order chi connectivity index (χ0) is 22.8. The molecule has 0 aliphatic carbocycles. The van der Waals surface area contributed by atoms with Crippen LogP contribution in [0.1, 0.15) is 11.1 Å². The molecule has 0 bridgehead atoms. The molecule has 0 aliphatic heterocycles. The second-order valence-electron chi connectivity index (χ2n) is 6.73. The second kappa shape index (κ2) is 12.1. The predicted molar refractivity (Wildman–Crippen MR) is 123 cm³/mol. The number of nitrogens with zero attached hydrogens (tertiary/aromatic N) is 5. The topological polar surface area (TPSA) is 48.5 Å². The van der Waals surface area contributed by atoms with Gasteiger partial charge >= 0.3 is 27.5 Å². The maximum absolute atomic E-state index is 4.64. The van der Waals surface area contributed by atoms with Gasteiger partial charge in [0.05, 0.1) is 0 Å². The normalized spacial score (nSPS) is 9.88. The minimum absolute atomic E-state index is 0.955. The summed E-state index contributed by atoms with van der Waals surface area (Å²) in [6, 6.07) is 26.1. The van der Waals surface area contributed by atoms with Crippen LogP contribution >= 0.6 is 9.58 Å². The van der Waals surface area contributed by atoms with E-state index in [4.69, 9.17) is 0 Å². The minimum Gasteiger partial charge on any atom is -0.305 e. The molecule has 5 aromatic rings. The number of hydrogen-bond acceptors (Lipinski definition) is 3. The van der Waals surface area contributed by atoms with Crippen LogP contribution in [0, 0.1) is 26.0 Å². The molecule has 0 fully saturated rings. The number of halogens is 1. The summed E-state index contributed by atoms with van der Waals surface area (Å²) >= 11 is 1.47. The number of benzene rings is 2. The molecule has 0 N–H and O–H groups in total. The smallest absolute Gasteiger partial charge is 0.0160 e. The Morgan fingerprint density at radius 1 is 0.781 bits per heavy atom. The summed E-state index contributed by atoms with van der Waals surface area (Å²) < 4.78 is 3.64. The molecule has 0 saturated carbocycles. The molecule has 5 rings (SSSR count). The molecule has 3 heterocycles. The predicted octanol–water partition coefficient (Wildman–Crippen LogP) is 5.71. The van der Waals surface area contributed by atoms with Gasteiger partial charge < -0.3 is 4.98 Å². The van der Waals surface area contributed by atoms with Crippen LogP contribution in [0.2, 0.25) is 0 Å². The van der Waals surface area contributed by atoms with Gasteiger partial charge in [0, 0.05) is 31.0 Å². The quantitative estimate of drug-likeness (QED) is 0.244. The summed E-state index contributed by atoms with van der Waals surface area (Å²) in [4.78, 5) is 4.22. The van der Waals surface area contributed by atoms with Crippen LogP contribution in [0.15, 0.2) is 91.6 Å². The van der Waals surface area contributed by atoms with E-state index in [2.05, 4.69) is 56.8 Å². The van der Waals surface area contributed by atoms with E-state index in [1.807, 2.05) is 76.4 Å². The molecule has 5 nitrogen and oxygen atoms in total. The van der Waals surface area contributed by atoms with Crippen LogP contribution in [-0.4, -0.2) is 24.5 Å². The monoisotopic (exact) mass is 619 g/mol. The summed E-state index contributed by atoms with van der Waals surface area (Å²) in [5.74, 6) is 0. The van der Waals surface area contributed by atoms with E-state index in [1.54, 1.807) is 18.6 Å². The van der Waals surface area contributed by atoms with Crippen molar-refractivity contribution in [1.82, 2.24) is 24.5 Å². The summed E-state index contributed by atoms with van der Waals surface area (Å²) in [6.07, 6.45) is 9.15. The molecule has 32 heavy (non-hydrogen) atoms. The van der Waals surface area contributed by atoms with E-state index in [0.29, 0.717) is 0 Å². The number of rotatable bonds is 3. The van der Waals surface area contributed by atoms with E-state index in [0.717, 1.165) is 33.8 Å². The van der Waals surface area contributed by atoms with Crippen molar-refractivity contribution in [3.05, 3.63) is 115 Å². The standard InChI is InChI=1S/C14H13N4.C11H8N.ClH.Ir/c1-11-9-12(2)14(18-8-4-6-16-18)10-13(11)17-7-3-5-15-17;1-2-6-10(7-3-1)11-8-4-5-9-12-11;;/h3-9H,1-2H3;1-6,8-9H;1H;/q2*-1;;+3/p-1. The van der Waals surface area contributed by atoms with Gasteiger partial charge in [-0.2, -0.15) is 16.3 Å². The fourth-order valence-corrected chi connectivity index (χ4v) is 3.12. The van der Waals surface area contributed by atoms with Gasteiger partial charge in [-0.15, -0.1) is 53.1 Å². The van der Waals surface area contributed by atoms with E-state index in [-0.39, 0.29) is 0 Å². The molecular weight excluding hydrogens is 598 g/mol. The average Bonchev–Trinajstić information content (AvgIpc) is 3.57. The van der Waals surface area contributed by atoms with Gasteiger partial charge in [-0.05, 0) is 35.3 Å². The molecule has 0 aliphatic rings. The second-order valence-corrected chi connectivity index (χ2v) is 6.73. The zero-order valence-electron chi connectivity index (χ0n) is 17.6. The van der Waals surface area contributed by atoms with Crippen molar-refractivity contribution in [3.63, 3.8) is 0 Å². The Morgan fingerprint density at radius 3 is 1.88 bits per heavy atom. The maximum Gasteiger partial charge on any atom is 0.0160 e. The third-order valence-electron chi connectivity index (χ3n) is 4.53. The van der Waals surface area contributed by atoms with E-state index in [1.165, 1.54) is 17.9 Å². The molecule has 2 aromatic carbocycles. The summed E-state index contributed by atoms with van der Waals surface area (Å²) in [5, 5.41) is 8.51. The van der Waals surface area contributed by atoms with E-state index in [9.17, 15) is 0 Å². The first kappa shape index (κ1) is 23.6. The van der Waals surface area contributed by atoms with Crippen molar-refractivity contribution in [1.29, 1.82) is 0 Å². The summed E-state index contributed by atoms with van der Waals surface area (Å²) in [5.41, 5.74) is 6.21. The Balaban J connectivity index is 0.000000180. The minimum atomic E-state index is 0.955. The molecule has 0 atom stereocenters. The average molecular weight is 619 g/mol. The van der Waals surface area contributed by atoms with Crippen molar-refractivity contribution in [3.8, 4) is 22.6 Å². The molecule has 3 aromatic heterocycles. The Hall–Kier alpha value is -3.05. The van der Waals surface area contributed by atoms with Crippen LogP contribution in [0.5, 0.6) is 0 Å². The van der Waals surface area contributed by atoms with Gasteiger partial charge in [0.15, 0.2) is 0 Å². The first-order valence-electron chi connectivity index (χ1n) is 9.76. The van der Waals surface area contributed by atoms with Gasteiger partial charge in [-0.3, -0.25) is 9.36 Å². The zero-order valence-corrected chi connectivity index (χ0v) is 20.8. The Labute approximate surface area is 202 Å². The molecular formula is C25H21ClIrN5. The van der Waals surface area contributed by atoms with Crippen LogP contribution in [-0.2, 0) is 17.9 Å². The molecule has 162 valence electrons. The van der Waals surface area contributed by atoms with Crippen molar-refractivity contribution in [2.24, 2.45) is 0 Å². The van der Waals surface area contributed by atoms with Crippen LogP contribution in [0.4, 0.5) is 0 Å². The third-order valence-corrected chi connectivity index (χ3v) is 4.53. The fourth-order valence-electron chi connectivity index (χ4n) is 3.12. The van der Waals surface area contributed by atoms with Crippen LogP contribution in [0.3, 0.4) is 0 Å². The Morgan fingerprint density at radius 2 is 1.41 bits per heavy atom. The number of aromatic nitrogens is 5. The molecule has 0 saturated heterocycles. The van der Waals surface area contributed by atoms with Gasteiger partial charge in [0.25, 0.3) is 0 Å². The largest absolute Gasteiger partial charge is 0.305 e. The fraction of sp³-hybridized carbons (Fsp3) is 0.0800. The van der Waals surface area contributed by atoms with Crippen molar-refractivity contribution in [2.75, 3.05) is 0 Å². The molecule has 0 amide bonds. The van der Waals surface area contributed by atoms with Crippen LogP contribution < -0.4 is 0 Å². The summed E-state index contributed by atoms with van der Waals surface area (Å²) in [7, 11) is 4.64.